The highest BCUT2D eigenvalue weighted by Gasteiger charge is 2.21. The Kier molecular flexibility index (Phi) is 4.96. The lowest BCUT2D eigenvalue weighted by Crippen LogP contribution is -2.24. The lowest BCUT2D eigenvalue weighted by atomic mass is 9.98. The molecule has 5 heteroatoms. The number of aromatic nitrogens is 2. The van der Waals surface area contributed by atoms with E-state index in [0.717, 1.165) is 30.2 Å². The number of methoxy groups -OCH3 is 1. The molecule has 0 aliphatic heterocycles. The molecule has 2 heterocycles. The van der Waals surface area contributed by atoms with Gasteiger partial charge in [-0.2, -0.15) is 0 Å². The summed E-state index contributed by atoms with van der Waals surface area (Å²) in [7, 11) is 1.61. The van der Waals surface area contributed by atoms with Gasteiger partial charge >= 0.3 is 0 Å². The smallest absolute Gasteiger partial charge is 0.216 e. The second-order valence-corrected chi connectivity index (χ2v) is 5.12. The molecule has 2 aromatic heterocycles. The van der Waals surface area contributed by atoms with Crippen LogP contribution in [-0.2, 0) is 6.42 Å². The Labute approximate surface area is 125 Å². The Balaban J connectivity index is 2.30. The largest absolute Gasteiger partial charge is 0.481 e. The van der Waals surface area contributed by atoms with Gasteiger partial charge in [0.25, 0.3) is 0 Å². The maximum absolute atomic E-state index is 5.76. The average molecular weight is 289 g/mol. The highest BCUT2D eigenvalue weighted by molar-refractivity contribution is 5.35. The fourth-order valence-electron chi connectivity index (χ4n) is 2.65. The quantitative estimate of drug-likeness (QED) is 0.886. The minimum absolute atomic E-state index is 0.173. The third kappa shape index (κ3) is 3.42. The predicted octanol–water partition coefficient (Wildman–Crippen LogP) is 2.90. The van der Waals surface area contributed by atoms with Crippen molar-refractivity contribution >= 4 is 0 Å². The first-order valence-electron chi connectivity index (χ1n) is 7.21. The van der Waals surface area contributed by atoms with Crippen LogP contribution < -0.4 is 10.1 Å². The summed E-state index contributed by atoms with van der Waals surface area (Å²) in [6.07, 6.45) is 2.31. The molecular weight excluding hydrogens is 266 g/mol. The van der Waals surface area contributed by atoms with Gasteiger partial charge in [0, 0.05) is 29.8 Å². The van der Waals surface area contributed by atoms with Gasteiger partial charge in [-0.1, -0.05) is 6.92 Å². The van der Waals surface area contributed by atoms with Crippen LogP contribution in [0.2, 0.25) is 0 Å². The van der Waals surface area contributed by atoms with Crippen molar-refractivity contribution < 1.29 is 9.15 Å². The molecule has 2 rings (SSSR count). The number of aryl methyl sites for hydroxylation is 2. The van der Waals surface area contributed by atoms with E-state index in [1.165, 1.54) is 17.5 Å². The molecule has 1 atom stereocenters. The number of nitrogens with zero attached hydrogens (tertiary/aromatic N) is 2. The van der Waals surface area contributed by atoms with Gasteiger partial charge < -0.3 is 14.5 Å². The summed E-state index contributed by atoms with van der Waals surface area (Å²) in [5, 5.41) is 3.52. The molecule has 0 amide bonds. The van der Waals surface area contributed by atoms with Crippen molar-refractivity contribution in [2.24, 2.45) is 0 Å². The molecule has 114 valence electrons. The van der Waals surface area contributed by atoms with Crippen molar-refractivity contribution in [1.29, 1.82) is 0 Å². The van der Waals surface area contributed by atoms with Gasteiger partial charge in [0.05, 0.1) is 7.11 Å². The summed E-state index contributed by atoms with van der Waals surface area (Å²) < 4.78 is 10.9. The van der Waals surface area contributed by atoms with Crippen molar-refractivity contribution in [2.45, 2.75) is 40.2 Å². The molecule has 0 aliphatic carbocycles. The molecule has 0 radical (unpaired) electrons. The molecule has 2 aromatic rings. The number of hydrogen-bond acceptors (Lipinski definition) is 5. The number of rotatable bonds is 6. The normalized spacial score (nSPS) is 12.4. The van der Waals surface area contributed by atoms with Crippen molar-refractivity contribution in [2.75, 3.05) is 13.7 Å². The Bertz CT molecular complexity index is 608. The first-order chi connectivity index (χ1) is 10.1. The zero-order valence-electron chi connectivity index (χ0n) is 13.4. The zero-order chi connectivity index (χ0) is 15.4. The van der Waals surface area contributed by atoms with Crippen LogP contribution in [0.3, 0.4) is 0 Å². The van der Waals surface area contributed by atoms with Crippen LogP contribution in [0.5, 0.6) is 5.88 Å². The van der Waals surface area contributed by atoms with Crippen molar-refractivity contribution in [3.05, 3.63) is 40.7 Å². The number of likely N-dealkylation sites (N-methyl/N-ethyl adjacent to an activating group) is 1. The fourth-order valence-corrected chi connectivity index (χ4v) is 2.65. The molecule has 0 fully saturated rings. The third-order valence-corrected chi connectivity index (χ3v) is 3.74. The molecule has 0 aromatic carbocycles. The lowest BCUT2D eigenvalue weighted by molar-refractivity contribution is 0.395. The van der Waals surface area contributed by atoms with E-state index in [0.29, 0.717) is 5.88 Å². The van der Waals surface area contributed by atoms with E-state index in [1.54, 1.807) is 7.11 Å². The van der Waals surface area contributed by atoms with E-state index in [1.807, 2.05) is 19.9 Å². The molecule has 1 unspecified atom stereocenters. The predicted molar refractivity (Wildman–Crippen MR) is 81.6 cm³/mol. The zero-order valence-corrected chi connectivity index (χ0v) is 13.4. The Hall–Kier alpha value is -1.88. The van der Waals surface area contributed by atoms with E-state index < -0.39 is 0 Å². The number of ether oxygens (including phenoxy) is 1. The van der Waals surface area contributed by atoms with Crippen LogP contribution in [0.1, 0.15) is 41.3 Å². The fraction of sp³-hybridized carbons (Fsp3) is 0.500. The summed E-state index contributed by atoms with van der Waals surface area (Å²) in [6, 6.07) is 2.05. The summed E-state index contributed by atoms with van der Waals surface area (Å²) in [5.74, 6) is 2.54. The monoisotopic (exact) mass is 289 g/mol. The van der Waals surface area contributed by atoms with Gasteiger partial charge in [-0.3, -0.25) is 0 Å². The van der Waals surface area contributed by atoms with E-state index in [9.17, 15) is 0 Å². The molecule has 0 spiro atoms. The minimum atomic E-state index is 0.173. The van der Waals surface area contributed by atoms with Gasteiger partial charge in [-0.15, -0.1) is 0 Å². The van der Waals surface area contributed by atoms with Crippen molar-refractivity contribution in [3.63, 3.8) is 0 Å². The summed E-state index contributed by atoms with van der Waals surface area (Å²) in [5.41, 5.74) is 3.39. The Morgan fingerprint density at radius 2 is 2.00 bits per heavy atom. The van der Waals surface area contributed by atoms with Gasteiger partial charge in [-0.25, -0.2) is 9.97 Å². The SMILES string of the molecule is CCNC(Cc1cc(OC)ncn1)c1c(C)oc(C)c1C. The second kappa shape index (κ2) is 6.72. The van der Waals surface area contributed by atoms with E-state index in [4.69, 9.17) is 9.15 Å². The van der Waals surface area contributed by atoms with Crippen molar-refractivity contribution in [1.82, 2.24) is 15.3 Å². The standard InChI is InChI=1S/C16H23N3O2/c1-6-17-14(16-10(2)11(3)21-12(16)4)7-13-8-15(20-5)19-9-18-13/h8-9,14,17H,6-7H2,1-5H3. The number of furan rings is 1. The summed E-state index contributed by atoms with van der Waals surface area (Å²) >= 11 is 0. The van der Waals surface area contributed by atoms with E-state index in [2.05, 4.69) is 29.1 Å². The molecular formula is C16H23N3O2. The van der Waals surface area contributed by atoms with Gasteiger partial charge in [0.15, 0.2) is 0 Å². The molecule has 0 aliphatic rings. The topological polar surface area (TPSA) is 60.2 Å². The van der Waals surface area contributed by atoms with Crippen LogP contribution >= 0.6 is 0 Å². The molecule has 0 saturated heterocycles. The second-order valence-electron chi connectivity index (χ2n) is 5.12. The van der Waals surface area contributed by atoms with Gasteiger partial charge in [-0.05, 0) is 32.9 Å². The highest BCUT2D eigenvalue weighted by atomic mass is 16.5. The molecule has 5 nitrogen and oxygen atoms in total. The van der Waals surface area contributed by atoms with Crippen LogP contribution in [0.25, 0.3) is 0 Å². The first kappa shape index (κ1) is 15.5. The van der Waals surface area contributed by atoms with Gasteiger partial charge in [0.1, 0.15) is 17.8 Å². The highest BCUT2D eigenvalue weighted by Crippen LogP contribution is 2.29. The molecule has 0 saturated carbocycles. The lowest BCUT2D eigenvalue weighted by Gasteiger charge is -2.18. The third-order valence-electron chi connectivity index (χ3n) is 3.74. The van der Waals surface area contributed by atoms with Crippen molar-refractivity contribution in [3.8, 4) is 5.88 Å². The van der Waals surface area contributed by atoms with Crippen LogP contribution in [0, 0.1) is 20.8 Å². The average Bonchev–Trinajstić information content (AvgIpc) is 2.72. The Morgan fingerprint density at radius 3 is 2.57 bits per heavy atom. The molecule has 0 bridgehead atoms. The summed E-state index contributed by atoms with van der Waals surface area (Å²) in [6.45, 7) is 9.11. The first-order valence-corrected chi connectivity index (χ1v) is 7.21. The van der Waals surface area contributed by atoms with Crippen LogP contribution in [0.15, 0.2) is 16.8 Å². The summed E-state index contributed by atoms with van der Waals surface area (Å²) in [4.78, 5) is 8.39. The van der Waals surface area contributed by atoms with Crippen LogP contribution in [-0.4, -0.2) is 23.6 Å². The minimum Gasteiger partial charge on any atom is -0.481 e. The molecule has 21 heavy (non-hydrogen) atoms. The van der Waals surface area contributed by atoms with E-state index >= 15 is 0 Å². The van der Waals surface area contributed by atoms with E-state index in [-0.39, 0.29) is 6.04 Å². The van der Waals surface area contributed by atoms with Gasteiger partial charge in [0.2, 0.25) is 5.88 Å². The maximum atomic E-state index is 5.76. The maximum Gasteiger partial charge on any atom is 0.216 e. The van der Waals surface area contributed by atoms with Crippen LogP contribution in [0.4, 0.5) is 0 Å². The Morgan fingerprint density at radius 1 is 1.24 bits per heavy atom. The number of hydrogen-bond donors (Lipinski definition) is 1. The number of nitrogens with one attached hydrogen (secondary N) is 1. The molecule has 1 N–H and O–H groups in total.